The zero-order valence-electron chi connectivity index (χ0n) is 26.3. The summed E-state index contributed by atoms with van der Waals surface area (Å²) >= 11 is 0. The molecular weight excluding hydrogens is 569 g/mol. The van der Waals surface area contributed by atoms with Gasteiger partial charge in [-0.15, -0.1) is 0 Å². The highest BCUT2D eigenvalue weighted by Crippen LogP contribution is 2.43. The Hall–Kier alpha value is -5.60. The van der Waals surface area contributed by atoms with E-state index in [-0.39, 0.29) is 0 Å². The predicted molar refractivity (Wildman–Crippen MR) is 196 cm³/mol. The summed E-state index contributed by atoms with van der Waals surface area (Å²) in [6.45, 7) is 0. The van der Waals surface area contributed by atoms with Gasteiger partial charge in [-0.25, -0.2) is 0 Å². The summed E-state index contributed by atoms with van der Waals surface area (Å²) in [6, 6.07) is 50.1. The van der Waals surface area contributed by atoms with E-state index in [4.69, 9.17) is 0 Å². The van der Waals surface area contributed by atoms with Crippen LogP contribution in [-0.2, 0) is 19.3 Å². The molecule has 2 heterocycles. The molecule has 0 N–H and O–H groups in total. The third-order valence-corrected chi connectivity index (χ3v) is 10.6. The van der Waals surface area contributed by atoms with Crippen molar-refractivity contribution >= 4 is 21.8 Å². The Bertz CT molecular complexity index is 2500. The Kier molecular flexibility index (Phi) is 5.93. The fourth-order valence-corrected chi connectivity index (χ4v) is 8.22. The lowest BCUT2D eigenvalue weighted by molar-refractivity contribution is 0.686. The summed E-state index contributed by atoms with van der Waals surface area (Å²) in [7, 11) is 0. The van der Waals surface area contributed by atoms with Gasteiger partial charge in [0, 0.05) is 23.5 Å². The van der Waals surface area contributed by atoms with Crippen LogP contribution in [0.3, 0.4) is 0 Å². The first kappa shape index (κ1) is 26.6. The van der Waals surface area contributed by atoms with E-state index in [2.05, 4.69) is 155 Å². The molecule has 0 aliphatic heterocycles. The van der Waals surface area contributed by atoms with Gasteiger partial charge in [0.05, 0.1) is 22.4 Å². The van der Waals surface area contributed by atoms with Crippen molar-refractivity contribution in [2.75, 3.05) is 0 Å². The van der Waals surface area contributed by atoms with Crippen LogP contribution in [0.5, 0.6) is 0 Å². The molecule has 0 bridgehead atoms. The topological polar surface area (TPSA) is 9.86 Å². The van der Waals surface area contributed by atoms with Gasteiger partial charge >= 0.3 is 0 Å². The van der Waals surface area contributed by atoms with E-state index < -0.39 is 0 Å². The third kappa shape index (κ3) is 4.25. The molecule has 2 heteroatoms. The molecule has 0 atom stereocenters. The van der Waals surface area contributed by atoms with Crippen molar-refractivity contribution < 1.29 is 0 Å². The van der Waals surface area contributed by atoms with Crippen molar-refractivity contribution in [3.05, 3.63) is 168 Å². The molecule has 8 aromatic rings. The van der Waals surface area contributed by atoms with Crippen LogP contribution in [0.25, 0.3) is 66.6 Å². The zero-order chi connectivity index (χ0) is 30.9. The molecule has 0 spiro atoms. The third-order valence-electron chi connectivity index (χ3n) is 10.6. The van der Waals surface area contributed by atoms with Gasteiger partial charge in [0.2, 0.25) is 0 Å². The van der Waals surface area contributed by atoms with Crippen molar-refractivity contribution in [3.63, 3.8) is 0 Å². The molecular formula is C45H34N2. The fraction of sp³-hybridized carbons (Fsp3) is 0.111. The summed E-state index contributed by atoms with van der Waals surface area (Å²) in [5.41, 5.74) is 18.4. The summed E-state index contributed by atoms with van der Waals surface area (Å²) in [5, 5.41) is 2.49. The maximum atomic E-state index is 2.48. The van der Waals surface area contributed by atoms with Gasteiger partial charge in [0.1, 0.15) is 0 Å². The fourth-order valence-electron chi connectivity index (χ4n) is 8.22. The largest absolute Gasteiger partial charge is 0.316 e. The van der Waals surface area contributed by atoms with E-state index in [1.807, 2.05) is 0 Å². The Morgan fingerprint density at radius 3 is 1.68 bits per heavy atom. The van der Waals surface area contributed by atoms with Crippen LogP contribution in [0.15, 0.2) is 146 Å². The monoisotopic (exact) mass is 602 g/mol. The average molecular weight is 603 g/mol. The first-order valence-corrected chi connectivity index (χ1v) is 16.9. The van der Waals surface area contributed by atoms with Crippen molar-refractivity contribution in [1.82, 2.24) is 9.13 Å². The van der Waals surface area contributed by atoms with Crippen LogP contribution in [0.1, 0.15) is 35.1 Å². The number of benzene rings is 6. The van der Waals surface area contributed by atoms with Gasteiger partial charge in [-0.2, -0.15) is 0 Å². The quantitative estimate of drug-likeness (QED) is 0.190. The molecule has 6 aromatic carbocycles. The van der Waals surface area contributed by atoms with Gasteiger partial charge < -0.3 is 9.13 Å². The SMILES string of the molecule is c1ccc2c(c1)Cc1ccc(-c3cc(-c4ccc5c(c4)CCCC5)c(-n4ccc5ccccc54)cc3-n3ccc4ccccc43)cc1-2. The molecule has 0 saturated heterocycles. The number of hydrogen-bond acceptors (Lipinski definition) is 0. The molecule has 2 nitrogen and oxygen atoms in total. The van der Waals surface area contributed by atoms with Gasteiger partial charge in [-0.05, 0) is 130 Å². The second kappa shape index (κ2) is 10.5. The second-order valence-electron chi connectivity index (χ2n) is 13.3. The summed E-state index contributed by atoms with van der Waals surface area (Å²) in [5.74, 6) is 0. The number of hydrogen-bond donors (Lipinski definition) is 0. The van der Waals surface area contributed by atoms with Crippen LogP contribution >= 0.6 is 0 Å². The lowest BCUT2D eigenvalue weighted by Gasteiger charge is -2.22. The number of para-hydroxylation sites is 2. The molecule has 0 radical (unpaired) electrons. The number of aromatic nitrogens is 2. The molecule has 0 saturated carbocycles. The number of nitrogens with zero attached hydrogens (tertiary/aromatic N) is 2. The van der Waals surface area contributed by atoms with Gasteiger partial charge in [-0.3, -0.25) is 0 Å². The highest BCUT2D eigenvalue weighted by atomic mass is 15.0. The van der Waals surface area contributed by atoms with E-state index in [0.717, 1.165) is 12.8 Å². The molecule has 2 aliphatic carbocycles. The summed E-state index contributed by atoms with van der Waals surface area (Å²) < 4.78 is 4.78. The number of fused-ring (bicyclic) bond motifs is 6. The minimum Gasteiger partial charge on any atom is -0.316 e. The lowest BCUT2D eigenvalue weighted by atomic mass is 9.87. The maximum Gasteiger partial charge on any atom is 0.0555 e. The number of rotatable bonds is 4. The van der Waals surface area contributed by atoms with Crippen LogP contribution in [0, 0.1) is 0 Å². The van der Waals surface area contributed by atoms with Crippen molar-refractivity contribution in [3.8, 4) is 44.8 Å². The molecule has 0 unspecified atom stereocenters. The Morgan fingerprint density at radius 1 is 0.383 bits per heavy atom. The van der Waals surface area contributed by atoms with Crippen LogP contribution < -0.4 is 0 Å². The Morgan fingerprint density at radius 2 is 0.957 bits per heavy atom. The van der Waals surface area contributed by atoms with Gasteiger partial charge in [0.15, 0.2) is 0 Å². The minimum absolute atomic E-state index is 1.00. The first-order chi connectivity index (χ1) is 23.3. The van der Waals surface area contributed by atoms with E-state index >= 15 is 0 Å². The van der Waals surface area contributed by atoms with Gasteiger partial charge in [0.25, 0.3) is 0 Å². The van der Waals surface area contributed by atoms with Crippen LogP contribution in [0.4, 0.5) is 0 Å². The summed E-state index contributed by atoms with van der Waals surface area (Å²) in [6.07, 6.45) is 10.4. The van der Waals surface area contributed by atoms with Crippen LogP contribution in [0.2, 0.25) is 0 Å². The normalized spacial score (nSPS) is 13.5. The minimum atomic E-state index is 1.00. The molecule has 0 fully saturated rings. The molecule has 224 valence electrons. The Balaban J connectivity index is 1.28. The van der Waals surface area contributed by atoms with E-state index in [0.29, 0.717) is 0 Å². The molecule has 0 amide bonds. The van der Waals surface area contributed by atoms with Crippen molar-refractivity contribution in [1.29, 1.82) is 0 Å². The smallest absolute Gasteiger partial charge is 0.0555 e. The first-order valence-electron chi connectivity index (χ1n) is 16.9. The molecule has 10 rings (SSSR count). The van der Waals surface area contributed by atoms with E-state index in [9.17, 15) is 0 Å². The molecule has 2 aliphatic rings. The zero-order valence-corrected chi connectivity index (χ0v) is 26.3. The van der Waals surface area contributed by atoms with Crippen molar-refractivity contribution in [2.45, 2.75) is 32.1 Å². The van der Waals surface area contributed by atoms with Crippen LogP contribution in [-0.4, -0.2) is 9.13 Å². The van der Waals surface area contributed by atoms with Crippen molar-refractivity contribution in [2.24, 2.45) is 0 Å². The van der Waals surface area contributed by atoms with Gasteiger partial charge in [-0.1, -0.05) is 91.0 Å². The second-order valence-corrected chi connectivity index (χ2v) is 13.3. The lowest BCUT2D eigenvalue weighted by Crippen LogP contribution is -2.05. The summed E-state index contributed by atoms with van der Waals surface area (Å²) in [4.78, 5) is 0. The van der Waals surface area contributed by atoms with E-state index in [1.165, 1.54) is 108 Å². The maximum absolute atomic E-state index is 2.48. The number of aryl methyl sites for hydroxylation is 2. The van der Waals surface area contributed by atoms with E-state index in [1.54, 1.807) is 0 Å². The molecule has 2 aromatic heterocycles. The Labute approximate surface area is 275 Å². The average Bonchev–Trinajstić information content (AvgIpc) is 3.86. The highest BCUT2D eigenvalue weighted by Gasteiger charge is 2.22. The standard InChI is InChI=1S/C45H34N2/c1-2-12-33-25-36(18-17-30(33)9-1)40-28-41(37-20-19-35-26-34-13-3-6-14-38(34)39(35)27-37)45(47-24-22-32-11-5-8-16-43(32)47)29-44(40)46-23-21-31-10-4-7-15-42(31)46/h3-8,10-11,13-25,27-29H,1-2,9,12,26H2. The molecule has 47 heavy (non-hydrogen) atoms. The predicted octanol–water partition coefficient (Wildman–Crippen LogP) is 11.4. The highest BCUT2D eigenvalue weighted by molar-refractivity contribution is 5.93.